The van der Waals surface area contributed by atoms with Crippen molar-refractivity contribution in [3.63, 3.8) is 0 Å². The molecule has 1 amide bonds. The number of carbonyl (C=O) groups excluding carboxylic acids is 1. The molecule has 0 bridgehead atoms. The molecular formula is C14H18N4O2. The molecule has 2 rings (SSSR count). The molecule has 6 heteroatoms. The lowest BCUT2D eigenvalue weighted by molar-refractivity contribution is 0.0949. The number of anilines is 1. The lowest BCUT2D eigenvalue weighted by Crippen LogP contribution is -2.24. The summed E-state index contributed by atoms with van der Waals surface area (Å²) >= 11 is 0. The fourth-order valence-corrected chi connectivity index (χ4v) is 2.11. The standard InChI is InChI=1S/C14H18N4O2/c1-8-13(9(2)18(3)17-8)14(20)16-7-10-6-11(15)4-5-12(10)19/h4-6,19H,7,15H2,1-3H3,(H,16,20). The van der Waals surface area contributed by atoms with Crippen molar-refractivity contribution < 1.29 is 9.90 Å². The van der Waals surface area contributed by atoms with Crippen LogP contribution in [0.15, 0.2) is 18.2 Å². The van der Waals surface area contributed by atoms with Gasteiger partial charge in [0.25, 0.3) is 5.91 Å². The first-order valence-corrected chi connectivity index (χ1v) is 6.26. The summed E-state index contributed by atoms with van der Waals surface area (Å²) in [6.45, 7) is 3.84. The maximum atomic E-state index is 12.2. The van der Waals surface area contributed by atoms with Gasteiger partial charge in [0, 0.05) is 30.5 Å². The fraction of sp³-hybridized carbons (Fsp3) is 0.286. The van der Waals surface area contributed by atoms with Crippen LogP contribution >= 0.6 is 0 Å². The molecule has 0 fully saturated rings. The van der Waals surface area contributed by atoms with Crippen molar-refractivity contribution in [2.75, 3.05) is 5.73 Å². The van der Waals surface area contributed by atoms with Crippen molar-refractivity contribution in [2.45, 2.75) is 20.4 Å². The Morgan fingerprint density at radius 2 is 2.15 bits per heavy atom. The van der Waals surface area contributed by atoms with Gasteiger partial charge in [0.15, 0.2) is 0 Å². The van der Waals surface area contributed by atoms with E-state index in [1.807, 2.05) is 6.92 Å². The molecule has 0 unspecified atom stereocenters. The van der Waals surface area contributed by atoms with E-state index < -0.39 is 0 Å². The van der Waals surface area contributed by atoms with E-state index in [2.05, 4.69) is 10.4 Å². The zero-order chi connectivity index (χ0) is 14.9. The van der Waals surface area contributed by atoms with Crippen LogP contribution in [0.4, 0.5) is 5.69 Å². The highest BCUT2D eigenvalue weighted by Crippen LogP contribution is 2.20. The number of nitrogens with two attached hydrogens (primary N) is 1. The van der Waals surface area contributed by atoms with Crippen LogP contribution in [0, 0.1) is 13.8 Å². The highest BCUT2D eigenvalue weighted by atomic mass is 16.3. The van der Waals surface area contributed by atoms with Gasteiger partial charge in [0.1, 0.15) is 5.75 Å². The van der Waals surface area contributed by atoms with Gasteiger partial charge in [-0.1, -0.05) is 0 Å². The van der Waals surface area contributed by atoms with Crippen LogP contribution in [0.5, 0.6) is 5.75 Å². The molecule has 0 saturated carbocycles. The maximum Gasteiger partial charge on any atom is 0.255 e. The average Bonchev–Trinajstić information content (AvgIpc) is 2.64. The molecule has 0 aliphatic rings. The Morgan fingerprint density at radius 3 is 2.75 bits per heavy atom. The summed E-state index contributed by atoms with van der Waals surface area (Å²) in [4.78, 5) is 12.2. The predicted molar refractivity (Wildman–Crippen MR) is 76.4 cm³/mol. The van der Waals surface area contributed by atoms with Crippen molar-refractivity contribution in [2.24, 2.45) is 7.05 Å². The predicted octanol–water partition coefficient (Wildman–Crippen LogP) is 1.25. The second kappa shape index (κ2) is 5.24. The third-order valence-corrected chi connectivity index (χ3v) is 3.28. The van der Waals surface area contributed by atoms with E-state index in [1.165, 1.54) is 6.07 Å². The molecule has 0 aliphatic carbocycles. The molecule has 1 aromatic carbocycles. The molecule has 0 saturated heterocycles. The number of nitrogens with zero attached hydrogens (tertiary/aromatic N) is 2. The number of phenols is 1. The third-order valence-electron chi connectivity index (χ3n) is 3.28. The van der Waals surface area contributed by atoms with E-state index in [1.54, 1.807) is 30.8 Å². The lowest BCUT2D eigenvalue weighted by atomic mass is 10.1. The van der Waals surface area contributed by atoms with Gasteiger partial charge in [0.2, 0.25) is 0 Å². The first-order chi connectivity index (χ1) is 9.40. The first-order valence-electron chi connectivity index (χ1n) is 6.26. The number of carbonyl (C=O) groups is 1. The molecule has 0 aliphatic heterocycles. The summed E-state index contributed by atoms with van der Waals surface area (Å²) in [6.07, 6.45) is 0. The van der Waals surface area contributed by atoms with E-state index in [0.717, 1.165) is 5.69 Å². The molecule has 0 spiro atoms. The monoisotopic (exact) mass is 274 g/mol. The molecule has 0 atom stereocenters. The number of hydrogen-bond donors (Lipinski definition) is 3. The van der Waals surface area contributed by atoms with Crippen LogP contribution in [0.3, 0.4) is 0 Å². The zero-order valence-corrected chi connectivity index (χ0v) is 11.8. The number of aromatic nitrogens is 2. The van der Waals surface area contributed by atoms with Gasteiger partial charge in [-0.2, -0.15) is 5.10 Å². The van der Waals surface area contributed by atoms with E-state index in [-0.39, 0.29) is 18.2 Å². The number of aromatic hydroxyl groups is 1. The molecule has 2 aromatic rings. The minimum Gasteiger partial charge on any atom is -0.508 e. The Kier molecular flexibility index (Phi) is 3.65. The quantitative estimate of drug-likeness (QED) is 0.580. The number of hydrogen-bond acceptors (Lipinski definition) is 4. The van der Waals surface area contributed by atoms with Gasteiger partial charge < -0.3 is 16.2 Å². The number of nitrogens with one attached hydrogen (secondary N) is 1. The number of nitrogen functional groups attached to an aromatic ring is 1. The second-order valence-corrected chi connectivity index (χ2v) is 4.74. The SMILES string of the molecule is Cc1nn(C)c(C)c1C(=O)NCc1cc(N)ccc1O. The normalized spacial score (nSPS) is 10.6. The molecule has 106 valence electrons. The zero-order valence-electron chi connectivity index (χ0n) is 11.8. The van der Waals surface area contributed by atoms with Crippen molar-refractivity contribution in [1.82, 2.24) is 15.1 Å². The van der Waals surface area contributed by atoms with Crippen LogP contribution in [0.1, 0.15) is 27.3 Å². The van der Waals surface area contributed by atoms with E-state index >= 15 is 0 Å². The highest BCUT2D eigenvalue weighted by Gasteiger charge is 2.17. The van der Waals surface area contributed by atoms with Crippen LogP contribution < -0.4 is 11.1 Å². The van der Waals surface area contributed by atoms with Crippen molar-refractivity contribution >= 4 is 11.6 Å². The molecule has 20 heavy (non-hydrogen) atoms. The number of aryl methyl sites for hydroxylation is 2. The van der Waals surface area contributed by atoms with Crippen molar-refractivity contribution in [1.29, 1.82) is 0 Å². The average molecular weight is 274 g/mol. The Labute approximate surface area is 117 Å². The molecule has 0 radical (unpaired) electrons. The highest BCUT2D eigenvalue weighted by molar-refractivity contribution is 5.96. The summed E-state index contributed by atoms with van der Waals surface area (Å²) in [5.74, 6) is -0.103. The van der Waals surface area contributed by atoms with Gasteiger partial charge in [-0.3, -0.25) is 9.48 Å². The second-order valence-electron chi connectivity index (χ2n) is 4.74. The van der Waals surface area contributed by atoms with Gasteiger partial charge in [-0.05, 0) is 32.0 Å². The Morgan fingerprint density at radius 1 is 1.45 bits per heavy atom. The van der Waals surface area contributed by atoms with E-state index in [4.69, 9.17) is 5.73 Å². The lowest BCUT2D eigenvalue weighted by Gasteiger charge is -2.08. The Bertz CT molecular complexity index is 661. The smallest absolute Gasteiger partial charge is 0.255 e. The molecule has 6 nitrogen and oxygen atoms in total. The van der Waals surface area contributed by atoms with E-state index in [9.17, 15) is 9.90 Å². The van der Waals surface area contributed by atoms with Gasteiger partial charge in [0.05, 0.1) is 11.3 Å². The van der Waals surface area contributed by atoms with Gasteiger partial charge in [-0.15, -0.1) is 0 Å². The summed E-state index contributed by atoms with van der Waals surface area (Å²) in [6, 6.07) is 4.76. The summed E-state index contributed by atoms with van der Waals surface area (Å²) in [5, 5.41) is 16.7. The van der Waals surface area contributed by atoms with Gasteiger partial charge in [-0.25, -0.2) is 0 Å². The van der Waals surface area contributed by atoms with Crippen LogP contribution in [-0.4, -0.2) is 20.8 Å². The first kappa shape index (κ1) is 13.9. The minimum atomic E-state index is -0.213. The minimum absolute atomic E-state index is 0.110. The maximum absolute atomic E-state index is 12.2. The molecular weight excluding hydrogens is 256 g/mol. The number of rotatable bonds is 3. The summed E-state index contributed by atoms with van der Waals surface area (Å²) in [5.41, 5.74) is 8.83. The van der Waals surface area contributed by atoms with Crippen LogP contribution in [0.2, 0.25) is 0 Å². The molecule has 1 aromatic heterocycles. The largest absolute Gasteiger partial charge is 0.508 e. The fourth-order valence-electron chi connectivity index (χ4n) is 2.11. The number of benzene rings is 1. The van der Waals surface area contributed by atoms with E-state index in [0.29, 0.717) is 22.5 Å². The molecule has 1 heterocycles. The van der Waals surface area contributed by atoms with Crippen LogP contribution in [-0.2, 0) is 13.6 Å². The topological polar surface area (TPSA) is 93.2 Å². The molecule has 4 N–H and O–H groups in total. The Hall–Kier alpha value is -2.50. The van der Waals surface area contributed by atoms with Crippen molar-refractivity contribution in [3.8, 4) is 5.75 Å². The van der Waals surface area contributed by atoms with Crippen molar-refractivity contribution in [3.05, 3.63) is 40.7 Å². The summed E-state index contributed by atoms with van der Waals surface area (Å²) < 4.78 is 1.67. The number of amides is 1. The summed E-state index contributed by atoms with van der Waals surface area (Å²) in [7, 11) is 1.79. The van der Waals surface area contributed by atoms with Gasteiger partial charge >= 0.3 is 0 Å². The third kappa shape index (κ3) is 2.59. The van der Waals surface area contributed by atoms with Crippen LogP contribution in [0.25, 0.3) is 0 Å². The number of phenolic OH excluding ortho intramolecular Hbond substituents is 1. The Balaban J connectivity index is 2.15.